The van der Waals surface area contributed by atoms with Crippen molar-refractivity contribution in [2.75, 3.05) is 0 Å². The molecule has 0 unspecified atom stereocenters. The van der Waals surface area contributed by atoms with Gasteiger partial charge in [0.1, 0.15) is 0 Å². The van der Waals surface area contributed by atoms with Crippen molar-refractivity contribution in [3.05, 3.63) is 46.2 Å². The Kier molecular flexibility index (Phi) is 2.13. The zero-order valence-corrected chi connectivity index (χ0v) is 7.56. The van der Waals surface area contributed by atoms with Gasteiger partial charge in [0.25, 0.3) is 5.56 Å². The highest BCUT2D eigenvalue weighted by molar-refractivity contribution is 5.88. The summed E-state index contributed by atoms with van der Waals surface area (Å²) in [4.78, 5) is 21.4. The maximum Gasteiger partial charge on any atom is 0.335 e. The number of hydrogen-bond donors (Lipinski definition) is 2. The van der Waals surface area contributed by atoms with E-state index in [-0.39, 0.29) is 11.1 Å². The summed E-state index contributed by atoms with van der Waals surface area (Å²) in [6.07, 6.45) is 0. The van der Waals surface area contributed by atoms with Gasteiger partial charge in [0.15, 0.2) is 5.76 Å². The predicted octanol–water partition coefficient (Wildman–Crippen LogP) is 1.33. The highest BCUT2D eigenvalue weighted by atomic mass is 16.5. The minimum Gasteiger partial charge on any atom is -0.478 e. The van der Waals surface area contributed by atoms with E-state index in [2.05, 4.69) is 5.16 Å². The van der Waals surface area contributed by atoms with Crippen molar-refractivity contribution in [3.63, 3.8) is 0 Å². The molecule has 2 aromatic rings. The summed E-state index contributed by atoms with van der Waals surface area (Å²) in [5.74, 6) is -0.603. The molecular weight excluding hydrogens is 198 g/mol. The molecule has 76 valence electrons. The van der Waals surface area contributed by atoms with E-state index in [0.717, 1.165) is 0 Å². The zero-order chi connectivity index (χ0) is 10.8. The maximum absolute atomic E-state index is 10.8. The van der Waals surface area contributed by atoms with E-state index in [9.17, 15) is 9.59 Å². The Balaban J connectivity index is 2.39. The number of hydrogen-bond acceptors (Lipinski definition) is 3. The fourth-order valence-electron chi connectivity index (χ4n) is 1.20. The van der Waals surface area contributed by atoms with Crippen LogP contribution in [0.25, 0.3) is 11.3 Å². The summed E-state index contributed by atoms with van der Waals surface area (Å²) in [6.45, 7) is 0. The van der Waals surface area contributed by atoms with Crippen LogP contribution < -0.4 is 5.56 Å². The fourth-order valence-corrected chi connectivity index (χ4v) is 1.20. The molecule has 0 saturated carbocycles. The van der Waals surface area contributed by atoms with Crippen molar-refractivity contribution < 1.29 is 14.4 Å². The molecule has 1 heterocycles. The first-order valence-electron chi connectivity index (χ1n) is 4.19. The zero-order valence-electron chi connectivity index (χ0n) is 7.56. The number of H-pyrrole nitrogens is 1. The summed E-state index contributed by atoms with van der Waals surface area (Å²) in [5.41, 5.74) is 0.516. The number of carbonyl (C=O) groups is 1. The second kappa shape index (κ2) is 3.45. The number of aromatic carboxylic acids is 1. The molecule has 0 radical (unpaired) electrons. The molecular formula is C10H7NO4. The summed E-state index contributed by atoms with van der Waals surface area (Å²) >= 11 is 0. The molecule has 0 atom stereocenters. The molecule has 1 aromatic heterocycles. The first-order chi connectivity index (χ1) is 7.16. The number of nitrogens with one attached hydrogen (secondary N) is 1. The Morgan fingerprint density at radius 1 is 1.27 bits per heavy atom. The normalized spacial score (nSPS) is 10.1. The number of carboxylic acid groups (broad SMARTS) is 1. The first-order valence-corrected chi connectivity index (χ1v) is 4.19. The molecule has 15 heavy (non-hydrogen) atoms. The van der Waals surface area contributed by atoms with E-state index in [1.54, 1.807) is 12.1 Å². The van der Waals surface area contributed by atoms with Gasteiger partial charge >= 0.3 is 5.97 Å². The molecule has 0 aliphatic heterocycles. The maximum atomic E-state index is 10.8. The van der Waals surface area contributed by atoms with E-state index in [0.29, 0.717) is 11.3 Å². The average Bonchev–Trinajstić information content (AvgIpc) is 2.65. The Bertz CT molecular complexity index is 535. The van der Waals surface area contributed by atoms with Crippen molar-refractivity contribution in [2.24, 2.45) is 0 Å². The van der Waals surface area contributed by atoms with E-state index >= 15 is 0 Å². The average molecular weight is 205 g/mol. The molecule has 0 aliphatic rings. The summed E-state index contributed by atoms with van der Waals surface area (Å²) in [5, 5.41) is 10.8. The van der Waals surface area contributed by atoms with Crippen LogP contribution in [-0.4, -0.2) is 16.2 Å². The number of rotatable bonds is 2. The molecule has 5 heteroatoms. The molecule has 0 saturated heterocycles. The standard InChI is InChI=1S/C10H7NO4/c12-9-5-8(15-11-9)6-1-3-7(4-2-6)10(13)14/h1-5H,(H,11,12)(H,13,14). The Labute approximate surface area is 83.9 Å². The lowest BCUT2D eigenvalue weighted by atomic mass is 10.1. The van der Waals surface area contributed by atoms with Gasteiger partial charge < -0.3 is 9.63 Å². The monoisotopic (exact) mass is 205 g/mol. The van der Waals surface area contributed by atoms with E-state index in [1.165, 1.54) is 18.2 Å². The molecule has 0 fully saturated rings. The number of benzene rings is 1. The van der Waals surface area contributed by atoms with Gasteiger partial charge in [-0.05, 0) is 12.1 Å². The highest BCUT2D eigenvalue weighted by Gasteiger charge is 2.05. The molecule has 1 aromatic carbocycles. The SMILES string of the molecule is O=C(O)c1ccc(-c2cc(=O)[nH]o2)cc1. The Morgan fingerprint density at radius 2 is 1.93 bits per heavy atom. The second-order valence-corrected chi connectivity index (χ2v) is 2.96. The highest BCUT2D eigenvalue weighted by Crippen LogP contribution is 2.17. The lowest BCUT2D eigenvalue weighted by Crippen LogP contribution is -1.95. The van der Waals surface area contributed by atoms with Crippen LogP contribution in [0.2, 0.25) is 0 Å². The van der Waals surface area contributed by atoms with Crippen LogP contribution in [-0.2, 0) is 0 Å². The second-order valence-electron chi connectivity index (χ2n) is 2.96. The third-order valence-corrected chi connectivity index (χ3v) is 1.94. The smallest absolute Gasteiger partial charge is 0.335 e. The van der Waals surface area contributed by atoms with Crippen LogP contribution in [0.4, 0.5) is 0 Å². The van der Waals surface area contributed by atoms with Crippen molar-refractivity contribution >= 4 is 5.97 Å². The van der Waals surface area contributed by atoms with Crippen molar-refractivity contribution in [1.82, 2.24) is 5.16 Å². The molecule has 0 spiro atoms. The van der Waals surface area contributed by atoms with E-state index < -0.39 is 5.97 Å². The van der Waals surface area contributed by atoms with E-state index in [4.69, 9.17) is 9.63 Å². The van der Waals surface area contributed by atoms with Gasteiger partial charge in [-0.2, -0.15) is 5.16 Å². The molecule has 2 rings (SSSR count). The lowest BCUT2D eigenvalue weighted by Gasteiger charge is -1.96. The molecule has 0 bridgehead atoms. The Morgan fingerprint density at radius 3 is 2.40 bits per heavy atom. The first kappa shape index (κ1) is 9.26. The van der Waals surface area contributed by atoms with Gasteiger partial charge in [-0.25, -0.2) is 4.79 Å². The quantitative estimate of drug-likeness (QED) is 0.774. The summed E-state index contributed by atoms with van der Waals surface area (Å²) in [7, 11) is 0. The summed E-state index contributed by atoms with van der Waals surface area (Å²) < 4.78 is 4.87. The third kappa shape index (κ3) is 1.80. The van der Waals surface area contributed by atoms with Gasteiger partial charge in [-0.3, -0.25) is 4.79 Å². The number of aromatic nitrogens is 1. The van der Waals surface area contributed by atoms with Gasteiger partial charge in [-0.1, -0.05) is 12.1 Å². The molecule has 5 nitrogen and oxygen atoms in total. The van der Waals surface area contributed by atoms with Crippen molar-refractivity contribution in [2.45, 2.75) is 0 Å². The van der Waals surface area contributed by atoms with Gasteiger partial charge in [0.2, 0.25) is 0 Å². The third-order valence-electron chi connectivity index (χ3n) is 1.94. The molecule has 2 N–H and O–H groups in total. The minimum absolute atomic E-state index is 0.191. The molecule has 0 amide bonds. The molecule has 0 aliphatic carbocycles. The van der Waals surface area contributed by atoms with Crippen LogP contribution in [0.5, 0.6) is 0 Å². The number of aromatic amines is 1. The summed E-state index contributed by atoms with van der Waals surface area (Å²) in [6, 6.07) is 7.36. The van der Waals surface area contributed by atoms with Gasteiger partial charge in [-0.15, -0.1) is 0 Å². The van der Waals surface area contributed by atoms with Crippen LogP contribution in [0.3, 0.4) is 0 Å². The minimum atomic E-state index is -0.989. The van der Waals surface area contributed by atoms with Crippen molar-refractivity contribution in [3.8, 4) is 11.3 Å². The lowest BCUT2D eigenvalue weighted by molar-refractivity contribution is 0.0697. The van der Waals surface area contributed by atoms with Crippen LogP contribution in [0, 0.1) is 0 Å². The largest absolute Gasteiger partial charge is 0.478 e. The number of carboxylic acids is 1. The van der Waals surface area contributed by atoms with Crippen LogP contribution in [0.15, 0.2) is 39.6 Å². The van der Waals surface area contributed by atoms with Gasteiger partial charge in [0.05, 0.1) is 11.6 Å². The Hall–Kier alpha value is -2.30. The fraction of sp³-hybridized carbons (Fsp3) is 0. The van der Waals surface area contributed by atoms with Crippen LogP contribution >= 0.6 is 0 Å². The topological polar surface area (TPSA) is 83.3 Å². The van der Waals surface area contributed by atoms with Crippen LogP contribution in [0.1, 0.15) is 10.4 Å². The van der Waals surface area contributed by atoms with E-state index in [1.807, 2.05) is 0 Å². The van der Waals surface area contributed by atoms with Crippen molar-refractivity contribution in [1.29, 1.82) is 0 Å². The predicted molar refractivity (Wildman–Crippen MR) is 51.7 cm³/mol. The van der Waals surface area contributed by atoms with Gasteiger partial charge in [0, 0.05) is 5.56 Å².